The topological polar surface area (TPSA) is 102 Å². The number of nitro benzene ring substituents is 1. The summed E-state index contributed by atoms with van der Waals surface area (Å²) in [5.74, 6) is 1.10. The molecule has 0 unspecified atom stereocenters. The minimum absolute atomic E-state index is 0.0414. The number of nitro groups is 1. The Morgan fingerprint density at radius 2 is 1.90 bits per heavy atom. The fraction of sp³-hybridized carbons (Fsp3) is 0.286. The van der Waals surface area contributed by atoms with Gasteiger partial charge < -0.3 is 9.42 Å². The van der Waals surface area contributed by atoms with Crippen LogP contribution in [-0.4, -0.2) is 33.9 Å². The van der Waals surface area contributed by atoms with Gasteiger partial charge in [0.2, 0.25) is 11.7 Å². The molecule has 0 bridgehead atoms. The lowest BCUT2D eigenvalue weighted by atomic mass is 9.96. The molecule has 2 heterocycles. The third-order valence-electron chi connectivity index (χ3n) is 5.24. The van der Waals surface area contributed by atoms with E-state index in [4.69, 9.17) is 4.52 Å². The third-order valence-corrected chi connectivity index (χ3v) is 5.24. The van der Waals surface area contributed by atoms with Gasteiger partial charge in [-0.25, -0.2) is 0 Å². The number of benzene rings is 2. The molecule has 8 heteroatoms. The summed E-state index contributed by atoms with van der Waals surface area (Å²) in [6.45, 7) is 2.67. The first kappa shape index (κ1) is 18.8. The summed E-state index contributed by atoms with van der Waals surface area (Å²) in [7, 11) is 0. The summed E-state index contributed by atoms with van der Waals surface area (Å²) >= 11 is 0. The maximum Gasteiger partial charge on any atom is 0.293 e. The van der Waals surface area contributed by atoms with E-state index in [2.05, 4.69) is 10.1 Å². The minimum atomic E-state index is -0.433. The summed E-state index contributed by atoms with van der Waals surface area (Å²) in [6.07, 6.45) is 1.50. The first-order valence-corrected chi connectivity index (χ1v) is 9.46. The second kappa shape index (κ2) is 7.83. The van der Waals surface area contributed by atoms with Gasteiger partial charge in [-0.3, -0.25) is 14.9 Å². The number of Topliss-reactive ketones (excluding diaryl/α,β-unsaturated/α-hetero) is 1. The zero-order chi connectivity index (χ0) is 20.4. The number of nitrogens with zero attached hydrogens (tertiary/aromatic N) is 4. The van der Waals surface area contributed by atoms with Crippen LogP contribution < -0.4 is 4.90 Å². The van der Waals surface area contributed by atoms with Crippen LogP contribution in [0.3, 0.4) is 0 Å². The molecule has 0 saturated carbocycles. The SMILES string of the molecule is CC(=O)c1ccc(N2CCC(c3nc(-c4ccccc4)no3)CC2)c([N+](=O)[O-])c1. The quantitative estimate of drug-likeness (QED) is 0.364. The fourth-order valence-electron chi connectivity index (χ4n) is 3.63. The Balaban J connectivity index is 1.48. The number of carbonyl (C=O) groups excluding carboxylic acids is 1. The molecule has 3 aromatic rings. The molecular weight excluding hydrogens is 372 g/mol. The number of hydrogen-bond donors (Lipinski definition) is 0. The molecule has 1 aliphatic heterocycles. The van der Waals surface area contributed by atoms with Crippen LogP contribution >= 0.6 is 0 Å². The van der Waals surface area contributed by atoms with Crippen LogP contribution in [-0.2, 0) is 0 Å². The van der Waals surface area contributed by atoms with E-state index >= 15 is 0 Å². The van der Waals surface area contributed by atoms with E-state index in [1.165, 1.54) is 13.0 Å². The summed E-state index contributed by atoms with van der Waals surface area (Å²) in [6, 6.07) is 14.3. The lowest BCUT2D eigenvalue weighted by molar-refractivity contribution is -0.384. The Kier molecular flexibility index (Phi) is 5.07. The van der Waals surface area contributed by atoms with Crippen LogP contribution in [0.4, 0.5) is 11.4 Å². The van der Waals surface area contributed by atoms with Crippen LogP contribution in [0, 0.1) is 10.1 Å². The lowest BCUT2D eigenvalue weighted by Gasteiger charge is -2.31. The number of anilines is 1. The smallest absolute Gasteiger partial charge is 0.293 e. The molecule has 0 spiro atoms. The van der Waals surface area contributed by atoms with Gasteiger partial charge in [0, 0.05) is 36.2 Å². The van der Waals surface area contributed by atoms with Crippen molar-refractivity contribution in [3.05, 3.63) is 70.1 Å². The lowest BCUT2D eigenvalue weighted by Crippen LogP contribution is -2.33. The van der Waals surface area contributed by atoms with Gasteiger partial charge in [0.1, 0.15) is 5.69 Å². The summed E-state index contributed by atoms with van der Waals surface area (Å²) < 4.78 is 5.48. The van der Waals surface area contributed by atoms with Crippen molar-refractivity contribution in [2.24, 2.45) is 0 Å². The number of rotatable bonds is 5. The number of hydrogen-bond acceptors (Lipinski definition) is 7. The maximum absolute atomic E-state index is 11.6. The first-order chi connectivity index (χ1) is 14.0. The fourth-order valence-corrected chi connectivity index (χ4v) is 3.63. The Bertz CT molecular complexity index is 1040. The van der Waals surface area contributed by atoms with Crippen molar-refractivity contribution in [1.82, 2.24) is 10.1 Å². The van der Waals surface area contributed by atoms with E-state index < -0.39 is 4.92 Å². The minimum Gasteiger partial charge on any atom is -0.366 e. The van der Waals surface area contributed by atoms with Gasteiger partial charge >= 0.3 is 0 Å². The number of aromatic nitrogens is 2. The van der Waals surface area contributed by atoms with Crippen LogP contribution in [0.5, 0.6) is 0 Å². The highest BCUT2D eigenvalue weighted by Gasteiger charge is 2.29. The zero-order valence-electron chi connectivity index (χ0n) is 15.9. The van der Waals surface area contributed by atoms with Crippen LogP contribution in [0.25, 0.3) is 11.4 Å². The maximum atomic E-state index is 11.6. The van der Waals surface area contributed by atoms with Crippen LogP contribution in [0.15, 0.2) is 53.1 Å². The predicted molar refractivity (Wildman–Crippen MR) is 107 cm³/mol. The molecule has 2 aromatic carbocycles. The number of carbonyl (C=O) groups is 1. The van der Waals surface area contributed by atoms with Crippen LogP contribution in [0.1, 0.15) is 41.9 Å². The molecule has 0 amide bonds. The van der Waals surface area contributed by atoms with Gasteiger partial charge in [-0.2, -0.15) is 4.98 Å². The standard InChI is InChI=1S/C21H20N4O4/c1-14(26)17-7-8-18(19(13-17)25(27)28)24-11-9-16(10-12-24)21-22-20(23-29-21)15-5-3-2-4-6-15/h2-8,13,16H,9-12H2,1H3. The highest BCUT2D eigenvalue weighted by molar-refractivity contribution is 5.95. The zero-order valence-corrected chi connectivity index (χ0v) is 15.9. The molecule has 0 N–H and O–H groups in total. The van der Waals surface area contributed by atoms with E-state index in [-0.39, 0.29) is 17.4 Å². The van der Waals surface area contributed by atoms with Crippen molar-refractivity contribution >= 4 is 17.2 Å². The van der Waals surface area contributed by atoms with E-state index in [1.807, 2.05) is 35.2 Å². The van der Waals surface area contributed by atoms with Crippen molar-refractivity contribution in [2.75, 3.05) is 18.0 Å². The average Bonchev–Trinajstić information content (AvgIpc) is 3.24. The Morgan fingerprint density at radius 3 is 2.55 bits per heavy atom. The molecular formula is C21H20N4O4. The van der Waals surface area contributed by atoms with Gasteiger partial charge in [0.25, 0.3) is 5.69 Å². The second-order valence-corrected chi connectivity index (χ2v) is 7.10. The van der Waals surface area contributed by atoms with E-state index in [1.54, 1.807) is 12.1 Å². The molecule has 148 valence electrons. The third kappa shape index (κ3) is 3.87. The highest BCUT2D eigenvalue weighted by atomic mass is 16.6. The van der Waals surface area contributed by atoms with Gasteiger partial charge in [-0.15, -0.1) is 0 Å². The van der Waals surface area contributed by atoms with Gasteiger partial charge in [0.05, 0.1) is 4.92 Å². The molecule has 1 saturated heterocycles. The van der Waals surface area contributed by atoms with Crippen molar-refractivity contribution in [2.45, 2.75) is 25.7 Å². The Hall–Kier alpha value is -3.55. The molecule has 0 radical (unpaired) electrons. The van der Waals surface area contributed by atoms with Crippen molar-refractivity contribution in [3.8, 4) is 11.4 Å². The average molecular weight is 392 g/mol. The Labute approximate surface area is 167 Å². The molecule has 1 aromatic heterocycles. The summed E-state index contributed by atoms with van der Waals surface area (Å²) in [5, 5.41) is 15.6. The molecule has 1 aliphatic rings. The van der Waals surface area contributed by atoms with Gasteiger partial charge in [0.15, 0.2) is 5.78 Å². The van der Waals surface area contributed by atoms with Gasteiger partial charge in [-0.1, -0.05) is 35.5 Å². The molecule has 29 heavy (non-hydrogen) atoms. The van der Waals surface area contributed by atoms with E-state index in [0.717, 1.165) is 18.4 Å². The Morgan fingerprint density at radius 1 is 1.17 bits per heavy atom. The molecule has 0 aliphatic carbocycles. The monoisotopic (exact) mass is 392 g/mol. The number of ketones is 1. The molecule has 8 nitrogen and oxygen atoms in total. The summed E-state index contributed by atoms with van der Waals surface area (Å²) in [5.41, 5.74) is 1.74. The summed E-state index contributed by atoms with van der Waals surface area (Å²) in [4.78, 5) is 29.1. The molecule has 4 rings (SSSR count). The van der Waals surface area contributed by atoms with Crippen molar-refractivity contribution < 1.29 is 14.2 Å². The predicted octanol–water partition coefficient (Wildman–Crippen LogP) is 4.23. The van der Waals surface area contributed by atoms with E-state index in [0.29, 0.717) is 36.1 Å². The van der Waals surface area contributed by atoms with Crippen molar-refractivity contribution in [3.63, 3.8) is 0 Å². The molecule has 0 atom stereocenters. The van der Waals surface area contributed by atoms with Crippen LogP contribution in [0.2, 0.25) is 0 Å². The second-order valence-electron chi connectivity index (χ2n) is 7.10. The van der Waals surface area contributed by atoms with E-state index in [9.17, 15) is 14.9 Å². The van der Waals surface area contributed by atoms with Gasteiger partial charge in [-0.05, 0) is 31.9 Å². The number of piperidine rings is 1. The van der Waals surface area contributed by atoms with Crippen molar-refractivity contribution in [1.29, 1.82) is 0 Å². The first-order valence-electron chi connectivity index (χ1n) is 9.46. The highest BCUT2D eigenvalue weighted by Crippen LogP contribution is 2.35. The molecule has 1 fully saturated rings. The largest absolute Gasteiger partial charge is 0.366 e. The normalized spacial score (nSPS) is 14.7.